The maximum Gasteiger partial charge on any atom is 0.328 e. The van der Waals surface area contributed by atoms with Crippen LogP contribution in [0, 0.1) is 12.8 Å². The van der Waals surface area contributed by atoms with E-state index in [4.69, 9.17) is 4.74 Å². The first-order valence-corrected chi connectivity index (χ1v) is 6.81. The first-order chi connectivity index (χ1) is 8.86. The molecule has 1 atom stereocenters. The Bertz CT molecular complexity index is 486. The van der Waals surface area contributed by atoms with Crippen LogP contribution in [0.15, 0.2) is 22.7 Å². The van der Waals surface area contributed by atoms with Crippen LogP contribution in [0.5, 0.6) is 0 Å². The quantitative estimate of drug-likeness (QED) is 0.865. The van der Waals surface area contributed by atoms with Crippen LogP contribution in [0.25, 0.3) is 0 Å². The summed E-state index contributed by atoms with van der Waals surface area (Å²) in [7, 11) is 1.31. The molecule has 0 saturated heterocycles. The highest BCUT2D eigenvalue weighted by Crippen LogP contribution is 2.16. The minimum atomic E-state index is -0.643. The number of aryl methyl sites for hydroxylation is 1. The Morgan fingerprint density at radius 3 is 2.47 bits per heavy atom. The van der Waals surface area contributed by atoms with Gasteiger partial charge in [0.25, 0.3) is 5.91 Å². The molecule has 0 fully saturated rings. The van der Waals surface area contributed by atoms with Crippen LogP contribution < -0.4 is 5.32 Å². The zero-order valence-electron chi connectivity index (χ0n) is 11.5. The molecule has 104 valence electrons. The van der Waals surface area contributed by atoms with Crippen molar-refractivity contribution in [2.24, 2.45) is 5.92 Å². The number of hydrogen-bond donors (Lipinski definition) is 1. The predicted molar refractivity (Wildman–Crippen MR) is 77.0 cm³/mol. The van der Waals surface area contributed by atoms with E-state index in [0.29, 0.717) is 5.56 Å². The lowest BCUT2D eigenvalue weighted by molar-refractivity contribution is -0.144. The van der Waals surface area contributed by atoms with E-state index in [1.54, 1.807) is 6.07 Å². The molecule has 0 bridgehead atoms. The summed E-state index contributed by atoms with van der Waals surface area (Å²) in [6.45, 7) is 5.56. The number of ether oxygens (including phenoxy) is 1. The Hall–Kier alpha value is -1.36. The molecule has 19 heavy (non-hydrogen) atoms. The number of carbonyl (C=O) groups is 2. The number of rotatable bonds is 4. The van der Waals surface area contributed by atoms with E-state index in [-0.39, 0.29) is 11.8 Å². The van der Waals surface area contributed by atoms with Gasteiger partial charge in [-0.15, -0.1) is 0 Å². The third-order valence-corrected chi connectivity index (χ3v) is 3.35. The van der Waals surface area contributed by atoms with Crippen LogP contribution in [0.3, 0.4) is 0 Å². The number of halogens is 1. The molecule has 0 spiro atoms. The summed E-state index contributed by atoms with van der Waals surface area (Å²) in [4.78, 5) is 23.8. The molecule has 0 aliphatic heterocycles. The topological polar surface area (TPSA) is 55.4 Å². The van der Waals surface area contributed by atoms with Crippen molar-refractivity contribution in [3.8, 4) is 0 Å². The lowest BCUT2D eigenvalue weighted by Crippen LogP contribution is -2.45. The predicted octanol–water partition coefficient (Wildman–Crippen LogP) is 2.68. The van der Waals surface area contributed by atoms with Gasteiger partial charge in [0.15, 0.2) is 0 Å². The minimum absolute atomic E-state index is 0.0381. The van der Waals surface area contributed by atoms with Crippen LogP contribution in [0.1, 0.15) is 29.8 Å². The number of carbonyl (C=O) groups excluding carboxylic acids is 2. The number of benzene rings is 1. The fraction of sp³-hybridized carbons (Fsp3) is 0.429. The molecule has 1 N–H and O–H groups in total. The second-order valence-electron chi connectivity index (χ2n) is 4.68. The molecular weight excluding hydrogens is 310 g/mol. The minimum Gasteiger partial charge on any atom is -0.467 e. The molecule has 1 amide bonds. The van der Waals surface area contributed by atoms with Gasteiger partial charge in [0.05, 0.1) is 7.11 Å². The zero-order valence-corrected chi connectivity index (χ0v) is 13.1. The maximum atomic E-state index is 12.2. The van der Waals surface area contributed by atoms with Gasteiger partial charge in [-0.3, -0.25) is 4.79 Å². The smallest absolute Gasteiger partial charge is 0.328 e. The molecule has 0 aliphatic rings. The third kappa shape index (κ3) is 4.06. The molecule has 0 heterocycles. The van der Waals surface area contributed by atoms with Crippen molar-refractivity contribution in [1.29, 1.82) is 0 Å². The molecule has 0 aromatic heterocycles. The molecular formula is C14H18BrNO3. The molecule has 4 nitrogen and oxygen atoms in total. The molecule has 0 aliphatic carbocycles. The van der Waals surface area contributed by atoms with E-state index >= 15 is 0 Å². The second-order valence-corrected chi connectivity index (χ2v) is 5.59. The van der Waals surface area contributed by atoms with Gasteiger partial charge < -0.3 is 10.1 Å². The lowest BCUT2D eigenvalue weighted by atomic mass is 10.0. The largest absolute Gasteiger partial charge is 0.467 e. The summed E-state index contributed by atoms with van der Waals surface area (Å²) in [6.07, 6.45) is 0. The van der Waals surface area contributed by atoms with Crippen LogP contribution >= 0.6 is 15.9 Å². The summed E-state index contributed by atoms with van der Waals surface area (Å²) in [5.41, 5.74) is 1.40. The highest BCUT2D eigenvalue weighted by Gasteiger charge is 2.25. The van der Waals surface area contributed by atoms with Crippen molar-refractivity contribution in [3.05, 3.63) is 33.8 Å². The van der Waals surface area contributed by atoms with Gasteiger partial charge >= 0.3 is 5.97 Å². The van der Waals surface area contributed by atoms with E-state index in [0.717, 1.165) is 10.0 Å². The number of nitrogens with one attached hydrogen (secondary N) is 1. The van der Waals surface area contributed by atoms with Crippen molar-refractivity contribution in [2.45, 2.75) is 26.8 Å². The number of amides is 1. The Labute approximate surface area is 121 Å². The van der Waals surface area contributed by atoms with Crippen molar-refractivity contribution in [2.75, 3.05) is 7.11 Å². The standard InChI is InChI=1S/C14H18BrNO3/c1-8(2)12(14(18)19-4)16-13(17)11-7-10(15)6-5-9(11)3/h5-8,12H,1-4H3,(H,16,17). The zero-order chi connectivity index (χ0) is 14.6. The molecule has 1 aromatic carbocycles. The van der Waals surface area contributed by atoms with Crippen molar-refractivity contribution < 1.29 is 14.3 Å². The summed E-state index contributed by atoms with van der Waals surface area (Å²) in [5, 5.41) is 2.72. The molecule has 1 aromatic rings. The van der Waals surface area contributed by atoms with E-state index < -0.39 is 12.0 Å². The highest BCUT2D eigenvalue weighted by molar-refractivity contribution is 9.10. The average Bonchev–Trinajstić information content (AvgIpc) is 2.37. The molecule has 1 rings (SSSR count). The van der Waals surface area contributed by atoms with Gasteiger partial charge in [-0.05, 0) is 30.5 Å². The van der Waals surface area contributed by atoms with Gasteiger partial charge in [0.1, 0.15) is 6.04 Å². The summed E-state index contributed by atoms with van der Waals surface area (Å²) < 4.78 is 5.52. The number of esters is 1. The summed E-state index contributed by atoms with van der Waals surface area (Å²) in [6, 6.07) is 4.81. The van der Waals surface area contributed by atoms with E-state index in [1.165, 1.54) is 7.11 Å². The van der Waals surface area contributed by atoms with Gasteiger partial charge in [-0.2, -0.15) is 0 Å². The maximum absolute atomic E-state index is 12.2. The second kappa shape index (κ2) is 6.70. The molecule has 1 unspecified atom stereocenters. The van der Waals surface area contributed by atoms with Crippen molar-refractivity contribution in [1.82, 2.24) is 5.32 Å². The fourth-order valence-corrected chi connectivity index (χ4v) is 2.04. The van der Waals surface area contributed by atoms with Crippen LogP contribution in [-0.4, -0.2) is 25.0 Å². The van der Waals surface area contributed by atoms with Crippen LogP contribution in [0.2, 0.25) is 0 Å². The van der Waals surface area contributed by atoms with Crippen LogP contribution in [0.4, 0.5) is 0 Å². The lowest BCUT2D eigenvalue weighted by Gasteiger charge is -2.20. The fourth-order valence-electron chi connectivity index (χ4n) is 1.68. The summed E-state index contributed by atoms with van der Waals surface area (Å²) in [5.74, 6) is -0.747. The Morgan fingerprint density at radius 1 is 1.32 bits per heavy atom. The Balaban J connectivity index is 2.94. The highest BCUT2D eigenvalue weighted by atomic mass is 79.9. The SMILES string of the molecule is COC(=O)C(NC(=O)c1cc(Br)ccc1C)C(C)C. The van der Waals surface area contributed by atoms with Crippen molar-refractivity contribution in [3.63, 3.8) is 0 Å². The van der Waals surface area contributed by atoms with Gasteiger partial charge in [0.2, 0.25) is 0 Å². The van der Waals surface area contributed by atoms with E-state index in [2.05, 4.69) is 21.2 Å². The van der Waals surface area contributed by atoms with Crippen molar-refractivity contribution >= 4 is 27.8 Å². The summed E-state index contributed by atoms with van der Waals surface area (Å²) >= 11 is 3.33. The number of methoxy groups -OCH3 is 1. The molecule has 0 saturated carbocycles. The Morgan fingerprint density at radius 2 is 1.95 bits per heavy atom. The van der Waals surface area contributed by atoms with E-state index in [1.807, 2.05) is 32.9 Å². The van der Waals surface area contributed by atoms with Gasteiger partial charge in [0, 0.05) is 10.0 Å². The first-order valence-electron chi connectivity index (χ1n) is 6.01. The monoisotopic (exact) mass is 327 g/mol. The molecule has 5 heteroatoms. The van der Waals surface area contributed by atoms with Crippen LogP contribution in [-0.2, 0) is 9.53 Å². The van der Waals surface area contributed by atoms with Gasteiger partial charge in [-0.25, -0.2) is 4.79 Å². The Kier molecular flexibility index (Phi) is 5.54. The third-order valence-electron chi connectivity index (χ3n) is 2.85. The average molecular weight is 328 g/mol. The van der Waals surface area contributed by atoms with Gasteiger partial charge in [-0.1, -0.05) is 35.8 Å². The van der Waals surface area contributed by atoms with E-state index in [9.17, 15) is 9.59 Å². The normalized spacial score (nSPS) is 12.1. The molecule has 0 radical (unpaired) electrons. The first kappa shape index (κ1) is 15.7. The number of hydrogen-bond acceptors (Lipinski definition) is 3.